The van der Waals surface area contributed by atoms with Crippen LogP contribution in [0.4, 0.5) is 11.4 Å². The number of amides is 2. The average Bonchev–Trinajstić information content (AvgIpc) is 3.14. The van der Waals surface area contributed by atoms with Gasteiger partial charge in [-0.05, 0) is 64.7 Å². The van der Waals surface area contributed by atoms with Crippen LogP contribution in [-0.2, 0) is 25.5 Å². The molecule has 0 aliphatic carbocycles. The molecule has 0 bridgehead atoms. The SMILES string of the molecule is CCc1ccc(N2C[C@@H](C(=O)OCC(=O)Nc3ccc(Br)c(Cl)c3C)CC2=O)cc1. The van der Waals surface area contributed by atoms with Crippen molar-refractivity contribution in [3.63, 3.8) is 0 Å². The molecule has 0 spiro atoms. The standard InChI is InChI=1S/C22H22BrClN2O4/c1-3-14-4-6-16(7-5-14)26-11-15(10-20(26)28)22(29)30-12-19(27)25-18-9-8-17(23)21(24)13(18)2/h4-9,15H,3,10-12H2,1-2H3,(H,25,27)/t15-/m0/s1. The van der Waals surface area contributed by atoms with Gasteiger partial charge in [-0.15, -0.1) is 0 Å². The van der Waals surface area contributed by atoms with Gasteiger partial charge in [0.15, 0.2) is 6.61 Å². The van der Waals surface area contributed by atoms with Gasteiger partial charge in [0.2, 0.25) is 5.91 Å². The molecule has 1 fully saturated rings. The van der Waals surface area contributed by atoms with Crippen molar-refractivity contribution in [1.82, 2.24) is 0 Å². The molecule has 1 saturated heterocycles. The van der Waals surface area contributed by atoms with Crippen molar-refractivity contribution in [2.45, 2.75) is 26.7 Å². The van der Waals surface area contributed by atoms with Gasteiger partial charge in [-0.1, -0.05) is 30.7 Å². The highest BCUT2D eigenvalue weighted by Crippen LogP contribution is 2.31. The number of hydrogen-bond acceptors (Lipinski definition) is 4. The minimum atomic E-state index is -0.597. The molecule has 2 amide bonds. The molecular weight excluding hydrogens is 472 g/mol. The maximum Gasteiger partial charge on any atom is 0.311 e. The van der Waals surface area contributed by atoms with Crippen LogP contribution in [0.15, 0.2) is 40.9 Å². The van der Waals surface area contributed by atoms with E-state index >= 15 is 0 Å². The summed E-state index contributed by atoms with van der Waals surface area (Å²) in [4.78, 5) is 38.5. The van der Waals surface area contributed by atoms with E-state index in [-0.39, 0.29) is 18.9 Å². The Hall–Kier alpha value is -2.38. The summed E-state index contributed by atoms with van der Waals surface area (Å²) < 4.78 is 5.88. The molecule has 0 unspecified atom stereocenters. The van der Waals surface area contributed by atoms with Crippen LogP contribution in [0.2, 0.25) is 5.02 Å². The molecule has 1 heterocycles. The molecule has 6 nitrogen and oxygen atoms in total. The highest BCUT2D eigenvalue weighted by molar-refractivity contribution is 9.10. The van der Waals surface area contributed by atoms with Crippen molar-refractivity contribution in [2.24, 2.45) is 5.92 Å². The zero-order chi connectivity index (χ0) is 21.8. The molecule has 1 aliphatic rings. The molecule has 8 heteroatoms. The Labute approximate surface area is 188 Å². The Bertz CT molecular complexity index is 978. The number of halogens is 2. The van der Waals surface area contributed by atoms with E-state index in [1.54, 1.807) is 24.0 Å². The van der Waals surface area contributed by atoms with Gasteiger partial charge >= 0.3 is 5.97 Å². The molecule has 0 saturated carbocycles. The number of carbonyl (C=O) groups excluding carboxylic acids is 3. The van der Waals surface area contributed by atoms with Crippen LogP contribution in [0, 0.1) is 12.8 Å². The summed E-state index contributed by atoms with van der Waals surface area (Å²) in [5.41, 5.74) is 3.18. The lowest BCUT2D eigenvalue weighted by atomic mass is 10.1. The van der Waals surface area contributed by atoms with E-state index in [1.807, 2.05) is 24.3 Å². The van der Waals surface area contributed by atoms with Gasteiger partial charge in [-0.2, -0.15) is 0 Å². The second-order valence-corrected chi connectivity index (χ2v) is 8.35. The highest BCUT2D eigenvalue weighted by atomic mass is 79.9. The normalized spacial score (nSPS) is 15.9. The van der Waals surface area contributed by atoms with Gasteiger partial charge in [-0.3, -0.25) is 14.4 Å². The van der Waals surface area contributed by atoms with Gasteiger partial charge in [0.1, 0.15) is 0 Å². The molecule has 2 aromatic rings. The fourth-order valence-corrected chi connectivity index (χ4v) is 3.85. The van der Waals surface area contributed by atoms with E-state index in [4.69, 9.17) is 16.3 Å². The Balaban J connectivity index is 1.54. The fourth-order valence-electron chi connectivity index (χ4n) is 3.25. The van der Waals surface area contributed by atoms with Crippen molar-refractivity contribution < 1.29 is 19.1 Å². The molecule has 158 valence electrons. The number of carbonyl (C=O) groups is 3. The lowest BCUT2D eigenvalue weighted by molar-refractivity contribution is -0.151. The van der Waals surface area contributed by atoms with Gasteiger partial charge in [0, 0.05) is 28.8 Å². The van der Waals surface area contributed by atoms with E-state index in [2.05, 4.69) is 28.2 Å². The molecule has 3 rings (SSSR count). The zero-order valence-electron chi connectivity index (χ0n) is 16.7. The number of benzene rings is 2. The summed E-state index contributed by atoms with van der Waals surface area (Å²) in [6, 6.07) is 11.1. The van der Waals surface area contributed by atoms with Crippen LogP contribution < -0.4 is 10.2 Å². The minimum absolute atomic E-state index is 0.0669. The van der Waals surface area contributed by atoms with E-state index in [9.17, 15) is 14.4 Å². The largest absolute Gasteiger partial charge is 0.455 e. The first-order chi connectivity index (χ1) is 14.3. The topological polar surface area (TPSA) is 75.7 Å². The van der Waals surface area contributed by atoms with Crippen LogP contribution >= 0.6 is 27.5 Å². The predicted molar refractivity (Wildman–Crippen MR) is 120 cm³/mol. The first-order valence-electron chi connectivity index (χ1n) is 9.60. The summed E-state index contributed by atoms with van der Waals surface area (Å²) in [5, 5.41) is 3.18. The van der Waals surface area contributed by atoms with Crippen LogP contribution in [0.5, 0.6) is 0 Å². The average molecular weight is 494 g/mol. The van der Waals surface area contributed by atoms with Crippen molar-refractivity contribution in [2.75, 3.05) is 23.4 Å². The van der Waals surface area contributed by atoms with E-state index in [0.29, 0.717) is 16.3 Å². The third kappa shape index (κ3) is 5.02. The molecule has 30 heavy (non-hydrogen) atoms. The number of aryl methyl sites for hydroxylation is 1. The Kier molecular flexibility index (Phi) is 7.15. The zero-order valence-corrected chi connectivity index (χ0v) is 19.0. The summed E-state index contributed by atoms with van der Waals surface area (Å²) in [6.45, 7) is 3.65. The summed E-state index contributed by atoms with van der Waals surface area (Å²) >= 11 is 9.48. The number of esters is 1. The van der Waals surface area contributed by atoms with E-state index < -0.39 is 24.4 Å². The van der Waals surface area contributed by atoms with Crippen molar-refractivity contribution in [3.05, 3.63) is 57.0 Å². The Morgan fingerprint density at radius 2 is 1.93 bits per heavy atom. The lowest BCUT2D eigenvalue weighted by Crippen LogP contribution is -2.28. The number of hydrogen-bond donors (Lipinski definition) is 1. The van der Waals surface area contributed by atoms with Crippen LogP contribution in [0.25, 0.3) is 0 Å². The minimum Gasteiger partial charge on any atom is -0.455 e. The molecule has 0 radical (unpaired) electrons. The Morgan fingerprint density at radius 3 is 2.60 bits per heavy atom. The van der Waals surface area contributed by atoms with Gasteiger partial charge < -0.3 is 15.0 Å². The molecule has 2 aromatic carbocycles. The fraction of sp³-hybridized carbons (Fsp3) is 0.318. The maximum atomic E-state index is 12.4. The van der Waals surface area contributed by atoms with Gasteiger partial charge in [0.05, 0.1) is 10.9 Å². The second kappa shape index (κ2) is 9.62. The molecular formula is C22H22BrClN2O4. The highest BCUT2D eigenvalue weighted by Gasteiger charge is 2.36. The summed E-state index contributed by atoms with van der Waals surface area (Å²) in [7, 11) is 0. The van der Waals surface area contributed by atoms with Gasteiger partial charge in [-0.25, -0.2) is 0 Å². The molecule has 1 aliphatic heterocycles. The van der Waals surface area contributed by atoms with Gasteiger partial charge in [0.25, 0.3) is 5.91 Å². The van der Waals surface area contributed by atoms with Crippen LogP contribution in [-0.4, -0.2) is 30.9 Å². The number of anilines is 2. The number of nitrogens with zero attached hydrogens (tertiary/aromatic N) is 1. The molecule has 0 aromatic heterocycles. The maximum absolute atomic E-state index is 12.4. The number of ether oxygens (including phenoxy) is 1. The van der Waals surface area contributed by atoms with E-state index in [0.717, 1.165) is 16.6 Å². The molecule has 1 N–H and O–H groups in total. The Morgan fingerprint density at radius 1 is 1.23 bits per heavy atom. The van der Waals surface area contributed by atoms with E-state index in [1.165, 1.54) is 5.56 Å². The summed E-state index contributed by atoms with van der Waals surface area (Å²) in [6.07, 6.45) is 0.981. The summed E-state index contributed by atoms with van der Waals surface area (Å²) in [5.74, 6) is -1.76. The van der Waals surface area contributed by atoms with Crippen LogP contribution in [0.1, 0.15) is 24.5 Å². The third-order valence-corrected chi connectivity index (χ3v) is 6.45. The van der Waals surface area contributed by atoms with Crippen molar-refractivity contribution >= 4 is 56.7 Å². The predicted octanol–water partition coefficient (Wildman–Crippen LogP) is 4.51. The van der Waals surface area contributed by atoms with Crippen molar-refractivity contribution in [1.29, 1.82) is 0 Å². The number of nitrogens with one attached hydrogen (secondary N) is 1. The smallest absolute Gasteiger partial charge is 0.311 e. The molecule has 1 atom stereocenters. The van der Waals surface area contributed by atoms with Crippen molar-refractivity contribution in [3.8, 4) is 0 Å². The monoisotopic (exact) mass is 492 g/mol. The second-order valence-electron chi connectivity index (χ2n) is 7.12. The first-order valence-corrected chi connectivity index (χ1v) is 10.8. The first kappa shape index (κ1) is 22.3. The quantitative estimate of drug-likeness (QED) is 0.601. The number of rotatable bonds is 6. The van der Waals surface area contributed by atoms with Crippen LogP contribution in [0.3, 0.4) is 0 Å². The lowest BCUT2D eigenvalue weighted by Gasteiger charge is -2.17. The third-order valence-electron chi connectivity index (χ3n) is 5.07.